The third-order valence-corrected chi connectivity index (χ3v) is 4.55. The van der Waals surface area contributed by atoms with Crippen molar-refractivity contribution < 1.29 is 4.39 Å². The van der Waals surface area contributed by atoms with Crippen molar-refractivity contribution in [1.29, 1.82) is 0 Å². The summed E-state index contributed by atoms with van der Waals surface area (Å²) in [7, 11) is 0. The predicted octanol–water partition coefficient (Wildman–Crippen LogP) is 4.65. The molecule has 1 aliphatic carbocycles. The smallest absolute Gasteiger partial charge is 0.123 e. The van der Waals surface area contributed by atoms with Gasteiger partial charge in [0.05, 0.1) is 0 Å². The Labute approximate surface area is 117 Å². The van der Waals surface area contributed by atoms with Crippen LogP contribution in [0.25, 0.3) is 0 Å². The van der Waals surface area contributed by atoms with Gasteiger partial charge < -0.3 is 5.32 Å². The molecule has 0 saturated heterocycles. The molecule has 1 saturated carbocycles. The third kappa shape index (κ3) is 4.36. The standard InChI is InChI=1S/C15H21BrFN/c16-15-7-6-14(17)10-13(15)11-18-9-8-12-4-2-1-3-5-12/h6-7,10,12,18H,1-5,8-9,11H2. The first kappa shape index (κ1) is 14.0. The lowest BCUT2D eigenvalue weighted by atomic mass is 9.87. The fourth-order valence-electron chi connectivity index (χ4n) is 2.68. The van der Waals surface area contributed by atoms with E-state index in [0.717, 1.165) is 29.0 Å². The fraction of sp³-hybridized carbons (Fsp3) is 0.600. The molecule has 1 fully saturated rings. The Hall–Kier alpha value is -0.410. The van der Waals surface area contributed by atoms with Gasteiger partial charge in [-0.2, -0.15) is 0 Å². The number of nitrogens with one attached hydrogen (secondary N) is 1. The summed E-state index contributed by atoms with van der Waals surface area (Å²) in [6.07, 6.45) is 8.27. The molecule has 1 nitrogen and oxygen atoms in total. The van der Waals surface area contributed by atoms with E-state index in [1.54, 1.807) is 12.1 Å². The van der Waals surface area contributed by atoms with Crippen molar-refractivity contribution in [3.8, 4) is 0 Å². The summed E-state index contributed by atoms with van der Waals surface area (Å²) in [6, 6.07) is 4.85. The summed E-state index contributed by atoms with van der Waals surface area (Å²) >= 11 is 3.45. The molecule has 0 spiro atoms. The van der Waals surface area contributed by atoms with E-state index in [9.17, 15) is 4.39 Å². The summed E-state index contributed by atoms with van der Waals surface area (Å²) in [5.74, 6) is 0.740. The maximum Gasteiger partial charge on any atom is 0.123 e. The summed E-state index contributed by atoms with van der Waals surface area (Å²) < 4.78 is 14.1. The highest BCUT2D eigenvalue weighted by Crippen LogP contribution is 2.25. The number of hydrogen-bond donors (Lipinski definition) is 1. The van der Waals surface area contributed by atoms with E-state index in [-0.39, 0.29) is 5.82 Å². The second-order valence-electron chi connectivity index (χ2n) is 5.21. The van der Waals surface area contributed by atoms with Crippen LogP contribution >= 0.6 is 15.9 Å². The summed E-state index contributed by atoms with van der Waals surface area (Å²) in [5.41, 5.74) is 0.999. The molecule has 0 aliphatic heterocycles. The average Bonchev–Trinajstić information content (AvgIpc) is 2.40. The van der Waals surface area contributed by atoms with Crippen LogP contribution in [0.1, 0.15) is 44.1 Å². The predicted molar refractivity (Wildman–Crippen MR) is 77.0 cm³/mol. The molecule has 100 valence electrons. The number of benzene rings is 1. The molecule has 0 unspecified atom stereocenters. The monoisotopic (exact) mass is 313 g/mol. The van der Waals surface area contributed by atoms with E-state index in [2.05, 4.69) is 21.2 Å². The molecule has 1 aromatic carbocycles. The van der Waals surface area contributed by atoms with Crippen LogP contribution in [0.5, 0.6) is 0 Å². The van der Waals surface area contributed by atoms with Crippen LogP contribution in [-0.2, 0) is 6.54 Å². The minimum absolute atomic E-state index is 0.165. The van der Waals surface area contributed by atoms with E-state index in [0.29, 0.717) is 0 Å². The van der Waals surface area contributed by atoms with Crippen LogP contribution in [0, 0.1) is 11.7 Å². The number of halogens is 2. The van der Waals surface area contributed by atoms with Crippen LogP contribution in [-0.4, -0.2) is 6.54 Å². The Morgan fingerprint density at radius 1 is 1.22 bits per heavy atom. The van der Waals surface area contributed by atoms with Crippen LogP contribution in [0.3, 0.4) is 0 Å². The first-order valence-electron chi connectivity index (χ1n) is 6.90. The molecular formula is C15H21BrFN. The number of hydrogen-bond acceptors (Lipinski definition) is 1. The topological polar surface area (TPSA) is 12.0 Å². The molecule has 3 heteroatoms. The summed E-state index contributed by atoms with van der Waals surface area (Å²) in [6.45, 7) is 1.78. The first-order valence-corrected chi connectivity index (χ1v) is 7.69. The van der Waals surface area contributed by atoms with Crippen LogP contribution < -0.4 is 5.32 Å². The minimum Gasteiger partial charge on any atom is -0.313 e. The lowest BCUT2D eigenvalue weighted by Crippen LogP contribution is -2.19. The molecule has 1 N–H and O–H groups in total. The quantitative estimate of drug-likeness (QED) is 0.780. The van der Waals surface area contributed by atoms with E-state index in [4.69, 9.17) is 0 Å². The molecule has 0 atom stereocenters. The van der Waals surface area contributed by atoms with Crippen LogP contribution in [0.15, 0.2) is 22.7 Å². The Balaban J connectivity index is 1.69. The highest BCUT2D eigenvalue weighted by atomic mass is 79.9. The van der Waals surface area contributed by atoms with Crippen molar-refractivity contribution in [3.63, 3.8) is 0 Å². The van der Waals surface area contributed by atoms with E-state index >= 15 is 0 Å². The van der Waals surface area contributed by atoms with E-state index < -0.39 is 0 Å². The molecule has 0 radical (unpaired) electrons. The van der Waals surface area contributed by atoms with Gasteiger partial charge in [-0.1, -0.05) is 48.0 Å². The maximum atomic E-state index is 13.1. The van der Waals surface area contributed by atoms with Gasteiger partial charge in [0.15, 0.2) is 0 Å². The van der Waals surface area contributed by atoms with Gasteiger partial charge in [0, 0.05) is 11.0 Å². The summed E-state index contributed by atoms with van der Waals surface area (Å²) in [5, 5.41) is 3.42. The second-order valence-corrected chi connectivity index (χ2v) is 6.06. The Kier molecular flexibility index (Phi) is 5.64. The molecular weight excluding hydrogens is 293 g/mol. The van der Waals surface area contributed by atoms with Crippen molar-refractivity contribution in [2.45, 2.75) is 45.1 Å². The maximum absolute atomic E-state index is 13.1. The van der Waals surface area contributed by atoms with Gasteiger partial charge in [0.1, 0.15) is 5.82 Å². The number of rotatable bonds is 5. The van der Waals surface area contributed by atoms with E-state index in [1.807, 2.05) is 0 Å². The fourth-order valence-corrected chi connectivity index (χ4v) is 3.07. The largest absolute Gasteiger partial charge is 0.313 e. The molecule has 1 aromatic rings. The molecule has 0 heterocycles. The highest BCUT2D eigenvalue weighted by molar-refractivity contribution is 9.10. The van der Waals surface area contributed by atoms with Gasteiger partial charge in [0.25, 0.3) is 0 Å². The Bertz CT molecular complexity index is 375. The van der Waals surface area contributed by atoms with Crippen molar-refractivity contribution in [2.75, 3.05) is 6.54 Å². The normalized spacial score (nSPS) is 17.0. The van der Waals surface area contributed by atoms with Gasteiger partial charge in [-0.05, 0) is 42.6 Å². The lowest BCUT2D eigenvalue weighted by Gasteiger charge is -2.21. The Morgan fingerprint density at radius 2 is 2.00 bits per heavy atom. The average molecular weight is 314 g/mol. The molecule has 0 bridgehead atoms. The molecule has 0 amide bonds. The van der Waals surface area contributed by atoms with Crippen LogP contribution in [0.2, 0.25) is 0 Å². The Morgan fingerprint density at radius 3 is 2.78 bits per heavy atom. The minimum atomic E-state index is -0.165. The third-order valence-electron chi connectivity index (χ3n) is 3.78. The zero-order chi connectivity index (χ0) is 12.8. The van der Waals surface area contributed by atoms with Crippen molar-refractivity contribution in [2.24, 2.45) is 5.92 Å². The van der Waals surface area contributed by atoms with Gasteiger partial charge in [-0.3, -0.25) is 0 Å². The molecule has 2 rings (SSSR count). The van der Waals surface area contributed by atoms with Crippen molar-refractivity contribution >= 4 is 15.9 Å². The highest BCUT2D eigenvalue weighted by Gasteiger charge is 2.12. The van der Waals surface area contributed by atoms with Gasteiger partial charge >= 0.3 is 0 Å². The lowest BCUT2D eigenvalue weighted by molar-refractivity contribution is 0.334. The van der Waals surface area contributed by atoms with Gasteiger partial charge in [-0.25, -0.2) is 4.39 Å². The zero-order valence-corrected chi connectivity index (χ0v) is 12.3. The van der Waals surface area contributed by atoms with Gasteiger partial charge in [0.2, 0.25) is 0 Å². The second kappa shape index (κ2) is 7.25. The SMILES string of the molecule is Fc1ccc(Br)c(CNCCC2CCCCC2)c1. The van der Waals surface area contributed by atoms with E-state index in [1.165, 1.54) is 44.6 Å². The van der Waals surface area contributed by atoms with Crippen molar-refractivity contribution in [3.05, 3.63) is 34.1 Å². The summed E-state index contributed by atoms with van der Waals surface area (Å²) in [4.78, 5) is 0. The van der Waals surface area contributed by atoms with Crippen LogP contribution in [0.4, 0.5) is 4.39 Å². The van der Waals surface area contributed by atoms with Gasteiger partial charge in [-0.15, -0.1) is 0 Å². The van der Waals surface area contributed by atoms with Crippen molar-refractivity contribution in [1.82, 2.24) is 5.32 Å². The first-order chi connectivity index (χ1) is 8.75. The molecule has 0 aromatic heterocycles. The zero-order valence-electron chi connectivity index (χ0n) is 10.7. The molecule has 1 aliphatic rings. The molecule has 18 heavy (non-hydrogen) atoms.